The van der Waals surface area contributed by atoms with E-state index in [0.29, 0.717) is 0 Å². The Morgan fingerprint density at radius 3 is 2.52 bits per heavy atom. The largest absolute Gasteiger partial charge is 0.506 e. The molecule has 0 aliphatic carbocycles. The highest BCUT2D eigenvalue weighted by molar-refractivity contribution is 5.96. The Labute approximate surface area is 121 Å². The van der Waals surface area contributed by atoms with Crippen molar-refractivity contribution in [1.29, 1.82) is 0 Å². The van der Waals surface area contributed by atoms with Crippen LogP contribution in [0.4, 0.5) is 0 Å². The lowest BCUT2D eigenvalue weighted by Crippen LogP contribution is -2.42. The second-order valence-electron chi connectivity index (χ2n) is 4.49. The van der Waals surface area contributed by atoms with E-state index in [-0.39, 0.29) is 17.7 Å². The molecular formula is C15H14N2O4. The van der Waals surface area contributed by atoms with Gasteiger partial charge in [-0.3, -0.25) is 9.78 Å². The molecule has 2 rings (SSSR count). The number of aromatic hydroxyl groups is 1. The van der Waals surface area contributed by atoms with Gasteiger partial charge in [0.15, 0.2) is 0 Å². The SMILES string of the molecule is O=C(N[C@H](Cc1ccccc1)C(=O)O)c1cncc(O)c1. The smallest absolute Gasteiger partial charge is 0.326 e. The first-order valence-corrected chi connectivity index (χ1v) is 6.28. The molecule has 21 heavy (non-hydrogen) atoms. The first-order valence-electron chi connectivity index (χ1n) is 6.28. The minimum absolute atomic E-state index is 0.106. The standard InChI is InChI=1S/C15H14N2O4/c18-12-7-11(8-16-9-12)14(19)17-13(15(20)21)6-10-4-2-1-3-5-10/h1-5,7-9,13,18H,6H2,(H,17,19)(H,20,21)/t13-/m1/s1. The predicted molar refractivity (Wildman–Crippen MR) is 74.9 cm³/mol. The topological polar surface area (TPSA) is 99.5 Å². The molecule has 0 unspecified atom stereocenters. The van der Waals surface area contributed by atoms with Crippen molar-refractivity contribution in [2.24, 2.45) is 0 Å². The van der Waals surface area contributed by atoms with Gasteiger partial charge in [0.1, 0.15) is 11.8 Å². The van der Waals surface area contributed by atoms with E-state index in [1.54, 1.807) is 24.3 Å². The van der Waals surface area contributed by atoms with Crippen LogP contribution in [-0.4, -0.2) is 33.1 Å². The summed E-state index contributed by atoms with van der Waals surface area (Å²) in [7, 11) is 0. The minimum Gasteiger partial charge on any atom is -0.506 e. The van der Waals surface area contributed by atoms with Crippen molar-refractivity contribution >= 4 is 11.9 Å². The maximum Gasteiger partial charge on any atom is 0.326 e. The van der Waals surface area contributed by atoms with E-state index >= 15 is 0 Å². The Morgan fingerprint density at radius 2 is 1.90 bits per heavy atom. The van der Waals surface area contributed by atoms with Crippen molar-refractivity contribution in [3.63, 3.8) is 0 Å². The zero-order valence-electron chi connectivity index (χ0n) is 11.1. The highest BCUT2D eigenvalue weighted by Crippen LogP contribution is 2.09. The number of aliphatic carboxylic acids is 1. The van der Waals surface area contributed by atoms with Crippen LogP contribution in [-0.2, 0) is 11.2 Å². The lowest BCUT2D eigenvalue weighted by Gasteiger charge is -2.14. The quantitative estimate of drug-likeness (QED) is 0.767. The first kappa shape index (κ1) is 14.5. The van der Waals surface area contributed by atoms with E-state index in [2.05, 4.69) is 10.3 Å². The van der Waals surface area contributed by atoms with Gasteiger partial charge in [-0.2, -0.15) is 0 Å². The highest BCUT2D eigenvalue weighted by atomic mass is 16.4. The van der Waals surface area contributed by atoms with Gasteiger partial charge < -0.3 is 15.5 Å². The number of amides is 1. The van der Waals surface area contributed by atoms with E-state index in [1.807, 2.05) is 6.07 Å². The minimum atomic E-state index is -1.12. The number of benzene rings is 1. The van der Waals surface area contributed by atoms with Crippen molar-refractivity contribution in [3.8, 4) is 5.75 Å². The molecule has 0 saturated heterocycles. The summed E-state index contributed by atoms with van der Waals surface area (Å²) in [6.07, 6.45) is 2.63. The summed E-state index contributed by atoms with van der Waals surface area (Å²) >= 11 is 0. The van der Waals surface area contributed by atoms with Gasteiger partial charge in [-0.05, 0) is 11.6 Å². The summed E-state index contributed by atoms with van der Waals surface area (Å²) in [5, 5.41) is 20.9. The maximum atomic E-state index is 12.0. The second-order valence-corrected chi connectivity index (χ2v) is 4.49. The molecule has 0 saturated carbocycles. The van der Waals surface area contributed by atoms with Crippen molar-refractivity contribution in [3.05, 3.63) is 59.9 Å². The Morgan fingerprint density at radius 1 is 1.19 bits per heavy atom. The molecule has 1 atom stereocenters. The van der Waals surface area contributed by atoms with Gasteiger partial charge in [-0.1, -0.05) is 30.3 Å². The molecule has 108 valence electrons. The summed E-state index contributed by atoms with van der Waals surface area (Å²) in [5.74, 6) is -1.88. The third kappa shape index (κ3) is 4.04. The van der Waals surface area contributed by atoms with Gasteiger partial charge in [0, 0.05) is 12.6 Å². The zero-order chi connectivity index (χ0) is 15.2. The van der Waals surface area contributed by atoms with E-state index in [1.165, 1.54) is 18.5 Å². The molecule has 0 spiro atoms. The van der Waals surface area contributed by atoms with Crippen LogP contribution in [0.1, 0.15) is 15.9 Å². The summed E-state index contributed by atoms with van der Waals surface area (Å²) < 4.78 is 0. The van der Waals surface area contributed by atoms with Gasteiger partial charge in [-0.15, -0.1) is 0 Å². The number of nitrogens with one attached hydrogen (secondary N) is 1. The number of pyridine rings is 1. The summed E-state index contributed by atoms with van der Waals surface area (Å²) in [6, 6.07) is 9.18. The molecule has 6 nitrogen and oxygen atoms in total. The van der Waals surface area contributed by atoms with E-state index in [0.717, 1.165) is 5.56 Å². The molecule has 1 heterocycles. The van der Waals surface area contributed by atoms with Crippen LogP contribution in [0.15, 0.2) is 48.8 Å². The van der Waals surface area contributed by atoms with Crippen LogP contribution in [0.2, 0.25) is 0 Å². The Kier molecular flexibility index (Phi) is 4.50. The fraction of sp³-hybridized carbons (Fsp3) is 0.133. The molecule has 3 N–H and O–H groups in total. The molecule has 1 aromatic heterocycles. The van der Waals surface area contributed by atoms with Crippen LogP contribution in [0.5, 0.6) is 5.75 Å². The molecule has 6 heteroatoms. The average Bonchev–Trinajstić information content (AvgIpc) is 2.47. The molecular weight excluding hydrogens is 272 g/mol. The molecule has 2 aromatic rings. The first-order chi connectivity index (χ1) is 10.1. The molecule has 0 radical (unpaired) electrons. The Bertz CT molecular complexity index is 643. The van der Waals surface area contributed by atoms with Crippen LogP contribution in [0.3, 0.4) is 0 Å². The molecule has 0 bridgehead atoms. The van der Waals surface area contributed by atoms with E-state index < -0.39 is 17.9 Å². The van der Waals surface area contributed by atoms with Crippen LogP contribution in [0.25, 0.3) is 0 Å². The fourth-order valence-corrected chi connectivity index (χ4v) is 1.84. The number of rotatable bonds is 5. The Balaban J connectivity index is 2.10. The molecule has 0 fully saturated rings. The van der Waals surface area contributed by atoms with Gasteiger partial charge in [-0.25, -0.2) is 4.79 Å². The molecule has 0 aliphatic heterocycles. The van der Waals surface area contributed by atoms with E-state index in [9.17, 15) is 19.8 Å². The van der Waals surface area contributed by atoms with Gasteiger partial charge in [0.2, 0.25) is 0 Å². The molecule has 0 aliphatic rings. The summed E-state index contributed by atoms with van der Waals surface area (Å²) in [6.45, 7) is 0. The third-order valence-electron chi connectivity index (χ3n) is 2.87. The van der Waals surface area contributed by atoms with E-state index in [4.69, 9.17) is 0 Å². The van der Waals surface area contributed by atoms with Gasteiger partial charge >= 0.3 is 5.97 Å². The molecule has 1 amide bonds. The lowest BCUT2D eigenvalue weighted by molar-refractivity contribution is -0.139. The summed E-state index contributed by atoms with van der Waals surface area (Å²) in [5.41, 5.74) is 0.911. The number of carbonyl (C=O) groups excluding carboxylic acids is 1. The van der Waals surface area contributed by atoms with Crippen molar-refractivity contribution in [1.82, 2.24) is 10.3 Å². The fourth-order valence-electron chi connectivity index (χ4n) is 1.84. The molecule has 1 aromatic carbocycles. The number of carboxylic acid groups (broad SMARTS) is 1. The Hall–Kier alpha value is -2.89. The van der Waals surface area contributed by atoms with Crippen molar-refractivity contribution in [2.75, 3.05) is 0 Å². The number of hydrogen-bond donors (Lipinski definition) is 3. The number of aromatic nitrogens is 1. The summed E-state index contributed by atoms with van der Waals surface area (Å²) in [4.78, 5) is 26.9. The van der Waals surface area contributed by atoms with Crippen LogP contribution in [0, 0.1) is 0 Å². The lowest BCUT2D eigenvalue weighted by atomic mass is 10.1. The van der Waals surface area contributed by atoms with Crippen molar-refractivity contribution in [2.45, 2.75) is 12.5 Å². The highest BCUT2D eigenvalue weighted by Gasteiger charge is 2.21. The van der Waals surface area contributed by atoms with Crippen LogP contribution >= 0.6 is 0 Å². The number of nitrogens with zero attached hydrogens (tertiary/aromatic N) is 1. The monoisotopic (exact) mass is 286 g/mol. The third-order valence-corrected chi connectivity index (χ3v) is 2.87. The zero-order valence-corrected chi connectivity index (χ0v) is 11.1. The van der Waals surface area contributed by atoms with Gasteiger partial charge in [0.05, 0.1) is 11.8 Å². The predicted octanol–water partition coefficient (Wildman–Crippen LogP) is 1.21. The number of carboxylic acids is 1. The second kappa shape index (κ2) is 6.51. The maximum absolute atomic E-state index is 12.0. The van der Waals surface area contributed by atoms with Crippen LogP contribution < -0.4 is 5.32 Å². The average molecular weight is 286 g/mol. The van der Waals surface area contributed by atoms with Gasteiger partial charge in [0.25, 0.3) is 5.91 Å². The normalized spacial score (nSPS) is 11.6. The number of carbonyl (C=O) groups is 2. The van der Waals surface area contributed by atoms with Crippen molar-refractivity contribution < 1.29 is 19.8 Å². The number of hydrogen-bond acceptors (Lipinski definition) is 4.